The molecular weight excluding hydrogens is 352 g/mol. The molecule has 0 saturated carbocycles. The molecule has 0 unspecified atom stereocenters. The molecule has 0 fully saturated rings. The molecule has 0 aliphatic carbocycles. The summed E-state index contributed by atoms with van der Waals surface area (Å²) in [6.45, 7) is 10.5. The van der Waals surface area contributed by atoms with E-state index in [1.165, 1.54) is 13.2 Å². The van der Waals surface area contributed by atoms with Gasteiger partial charge >= 0.3 is 12.2 Å². The summed E-state index contributed by atoms with van der Waals surface area (Å²) < 4.78 is 15.8. The fourth-order valence-corrected chi connectivity index (χ4v) is 2.49. The van der Waals surface area contributed by atoms with Crippen LogP contribution in [0, 0.1) is 0 Å². The van der Waals surface area contributed by atoms with Crippen LogP contribution in [0.4, 0.5) is 15.3 Å². The van der Waals surface area contributed by atoms with E-state index in [1.807, 2.05) is 0 Å². The normalized spacial score (nSPS) is 13.9. The third-order valence-corrected chi connectivity index (χ3v) is 3.48. The zero-order valence-electron chi connectivity index (χ0n) is 16.8. The monoisotopic (exact) mass is 378 g/mol. The minimum Gasteiger partial charge on any atom is -0.495 e. The standard InChI is InChI=1S/C19H26N2O6/c1-18(2,3)26-16(23)20-13-8-11-10-21(17(24)27-19(4,5)6)15(22)12(11)9-14(13)25-7/h8-9H,10H2,1-7H3,(H,20,23). The van der Waals surface area contributed by atoms with E-state index in [9.17, 15) is 14.4 Å². The largest absolute Gasteiger partial charge is 0.495 e. The van der Waals surface area contributed by atoms with Crippen LogP contribution in [0.1, 0.15) is 57.5 Å². The SMILES string of the molecule is COc1cc2c(cc1NC(=O)OC(C)(C)C)CN(C(=O)OC(C)(C)C)C2=O. The summed E-state index contributed by atoms with van der Waals surface area (Å²) in [5.41, 5.74) is -0.111. The van der Waals surface area contributed by atoms with Crippen LogP contribution in [0.5, 0.6) is 5.75 Å². The summed E-state index contributed by atoms with van der Waals surface area (Å²) >= 11 is 0. The van der Waals surface area contributed by atoms with Crippen LogP contribution in [0.2, 0.25) is 0 Å². The third kappa shape index (κ3) is 5.12. The molecule has 0 radical (unpaired) electrons. The van der Waals surface area contributed by atoms with Crippen molar-refractivity contribution in [2.24, 2.45) is 0 Å². The quantitative estimate of drug-likeness (QED) is 0.838. The van der Waals surface area contributed by atoms with Crippen LogP contribution in [0.25, 0.3) is 0 Å². The van der Waals surface area contributed by atoms with Crippen molar-refractivity contribution >= 4 is 23.8 Å². The van der Waals surface area contributed by atoms with Gasteiger partial charge in [-0.2, -0.15) is 0 Å². The van der Waals surface area contributed by atoms with E-state index in [0.717, 1.165) is 4.90 Å². The second kappa shape index (κ2) is 7.09. The van der Waals surface area contributed by atoms with Crippen LogP contribution in [-0.4, -0.2) is 41.3 Å². The Labute approximate surface area is 158 Å². The number of nitrogens with one attached hydrogen (secondary N) is 1. The second-order valence-corrected chi connectivity index (χ2v) is 8.21. The van der Waals surface area contributed by atoms with Gasteiger partial charge in [-0.05, 0) is 59.2 Å². The predicted octanol–water partition coefficient (Wildman–Crippen LogP) is 3.93. The molecule has 1 heterocycles. The van der Waals surface area contributed by atoms with Crippen molar-refractivity contribution in [3.63, 3.8) is 0 Å². The number of methoxy groups -OCH3 is 1. The number of imide groups is 1. The number of ether oxygens (including phenoxy) is 3. The molecule has 2 rings (SSSR count). The maximum absolute atomic E-state index is 12.6. The lowest BCUT2D eigenvalue weighted by molar-refractivity contribution is 0.0247. The lowest BCUT2D eigenvalue weighted by atomic mass is 10.1. The summed E-state index contributed by atoms with van der Waals surface area (Å²) in [5.74, 6) is -0.180. The van der Waals surface area contributed by atoms with Crippen molar-refractivity contribution in [1.29, 1.82) is 0 Å². The zero-order valence-corrected chi connectivity index (χ0v) is 16.8. The highest BCUT2D eigenvalue weighted by molar-refractivity contribution is 6.07. The van der Waals surface area contributed by atoms with Crippen molar-refractivity contribution in [3.05, 3.63) is 23.3 Å². The molecule has 0 bridgehead atoms. The number of amides is 3. The molecule has 8 nitrogen and oxygen atoms in total. The highest BCUT2D eigenvalue weighted by Gasteiger charge is 2.36. The molecule has 27 heavy (non-hydrogen) atoms. The molecule has 3 amide bonds. The second-order valence-electron chi connectivity index (χ2n) is 8.21. The van der Waals surface area contributed by atoms with Crippen LogP contribution in [-0.2, 0) is 16.0 Å². The van der Waals surface area contributed by atoms with Crippen molar-refractivity contribution in [1.82, 2.24) is 4.90 Å². The number of rotatable bonds is 2. The van der Waals surface area contributed by atoms with Crippen LogP contribution >= 0.6 is 0 Å². The first-order valence-corrected chi connectivity index (χ1v) is 8.56. The van der Waals surface area contributed by atoms with Gasteiger partial charge < -0.3 is 14.2 Å². The smallest absolute Gasteiger partial charge is 0.417 e. The fraction of sp³-hybridized carbons (Fsp3) is 0.526. The number of benzene rings is 1. The lowest BCUT2D eigenvalue weighted by Gasteiger charge is -2.23. The number of carbonyl (C=O) groups excluding carboxylic acids is 3. The van der Waals surface area contributed by atoms with Gasteiger partial charge in [-0.15, -0.1) is 0 Å². The van der Waals surface area contributed by atoms with Gasteiger partial charge in [0.2, 0.25) is 0 Å². The van der Waals surface area contributed by atoms with Gasteiger partial charge in [0.1, 0.15) is 17.0 Å². The topological polar surface area (TPSA) is 94.2 Å². The minimum absolute atomic E-state index is 0.0517. The summed E-state index contributed by atoms with van der Waals surface area (Å²) in [5, 5.41) is 2.61. The first-order valence-electron chi connectivity index (χ1n) is 8.56. The maximum atomic E-state index is 12.6. The molecule has 1 aromatic carbocycles. The van der Waals surface area contributed by atoms with E-state index in [2.05, 4.69) is 5.32 Å². The number of carbonyl (C=O) groups is 3. The Morgan fingerprint density at radius 3 is 2.15 bits per heavy atom. The van der Waals surface area contributed by atoms with Crippen LogP contribution < -0.4 is 10.1 Å². The number of fused-ring (bicyclic) bond motifs is 1. The zero-order chi connectivity index (χ0) is 20.6. The van der Waals surface area contributed by atoms with Crippen molar-refractivity contribution in [3.8, 4) is 5.75 Å². The Balaban J connectivity index is 2.26. The van der Waals surface area contributed by atoms with Crippen molar-refractivity contribution in [2.75, 3.05) is 12.4 Å². The summed E-state index contributed by atoms with van der Waals surface area (Å²) in [6.07, 6.45) is -1.36. The van der Waals surface area contributed by atoms with E-state index in [1.54, 1.807) is 47.6 Å². The Morgan fingerprint density at radius 1 is 1.04 bits per heavy atom. The molecule has 8 heteroatoms. The molecule has 0 atom stereocenters. The third-order valence-electron chi connectivity index (χ3n) is 3.48. The van der Waals surface area contributed by atoms with E-state index in [-0.39, 0.29) is 6.54 Å². The number of nitrogens with zero attached hydrogens (tertiary/aromatic N) is 1. The Hall–Kier alpha value is -2.77. The van der Waals surface area contributed by atoms with Crippen LogP contribution in [0.15, 0.2) is 12.1 Å². The minimum atomic E-state index is -0.718. The predicted molar refractivity (Wildman–Crippen MR) is 99.0 cm³/mol. The average Bonchev–Trinajstić information content (AvgIpc) is 2.79. The van der Waals surface area contributed by atoms with E-state index in [0.29, 0.717) is 22.6 Å². The van der Waals surface area contributed by atoms with Crippen molar-refractivity contribution in [2.45, 2.75) is 59.3 Å². The highest BCUT2D eigenvalue weighted by atomic mass is 16.6. The van der Waals surface area contributed by atoms with Gasteiger partial charge in [0.25, 0.3) is 5.91 Å². The Morgan fingerprint density at radius 2 is 1.63 bits per heavy atom. The molecule has 1 aliphatic rings. The van der Waals surface area contributed by atoms with Crippen LogP contribution in [0.3, 0.4) is 0 Å². The number of hydrogen-bond donors (Lipinski definition) is 1. The summed E-state index contributed by atoms with van der Waals surface area (Å²) in [4.78, 5) is 37.9. The van der Waals surface area contributed by atoms with Gasteiger partial charge in [-0.1, -0.05) is 0 Å². The Kier molecular flexibility index (Phi) is 5.40. The van der Waals surface area contributed by atoms with Gasteiger partial charge in [-0.3, -0.25) is 10.1 Å². The summed E-state index contributed by atoms with van der Waals surface area (Å²) in [7, 11) is 1.42. The van der Waals surface area contributed by atoms with Gasteiger partial charge in [0.05, 0.1) is 19.3 Å². The number of anilines is 1. The van der Waals surface area contributed by atoms with Gasteiger partial charge in [0, 0.05) is 5.56 Å². The molecule has 1 N–H and O–H groups in total. The molecule has 148 valence electrons. The first kappa shape index (κ1) is 20.5. The fourth-order valence-electron chi connectivity index (χ4n) is 2.49. The van der Waals surface area contributed by atoms with Crippen molar-refractivity contribution < 1.29 is 28.6 Å². The molecule has 0 saturated heterocycles. The first-order chi connectivity index (χ1) is 12.3. The maximum Gasteiger partial charge on any atom is 0.417 e. The molecule has 1 aliphatic heterocycles. The number of hydrogen-bond acceptors (Lipinski definition) is 6. The molecule has 0 spiro atoms. The molecule has 1 aromatic rings. The highest BCUT2D eigenvalue weighted by Crippen LogP contribution is 2.34. The molecule has 0 aromatic heterocycles. The van der Waals surface area contributed by atoms with E-state index < -0.39 is 29.3 Å². The van der Waals surface area contributed by atoms with Gasteiger partial charge in [0.15, 0.2) is 0 Å². The van der Waals surface area contributed by atoms with E-state index in [4.69, 9.17) is 14.2 Å². The average molecular weight is 378 g/mol. The van der Waals surface area contributed by atoms with E-state index >= 15 is 0 Å². The summed E-state index contributed by atoms with van der Waals surface area (Å²) in [6, 6.07) is 3.09. The van der Waals surface area contributed by atoms with Gasteiger partial charge in [-0.25, -0.2) is 14.5 Å². The lowest BCUT2D eigenvalue weighted by Crippen LogP contribution is -2.36. The Bertz CT molecular complexity index is 774. The molecular formula is C19H26N2O6.